The normalized spacial score (nSPS) is 20.9. The standard InChI is InChI=1S/C18H22N4O3/c1-11-19-14(21-25-11)10-22-15(23)18(5,20-16(22)24)13-8-6-12(7-9-13)17(2,3)4/h6-9H,10H2,1-5H3,(H,20,24). The summed E-state index contributed by atoms with van der Waals surface area (Å²) in [7, 11) is 0. The Morgan fingerprint density at radius 3 is 2.36 bits per heavy atom. The zero-order valence-electron chi connectivity index (χ0n) is 15.1. The highest BCUT2D eigenvalue weighted by atomic mass is 16.5. The van der Waals surface area contributed by atoms with E-state index in [-0.39, 0.29) is 17.9 Å². The van der Waals surface area contributed by atoms with Crippen LogP contribution in [0.4, 0.5) is 4.79 Å². The van der Waals surface area contributed by atoms with Crippen molar-refractivity contribution in [2.45, 2.75) is 52.1 Å². The summed E-state index contributed by atoms with van der Waals surface area (Å²) in [4.78, 5) is 30.4. The molecule has 3 rings (SSSR count). The Balaban J connectivity index is 1.86. The van der Waals surface area contributed by atoms with Crippen molar-refractivity contribution >= 4 is 11.9 Å². The third-order valence-electron chi connectivity index (χ3n) is 4.47. The third-order valence-corrected chi connectivity index (χ3v) is 4.47. The second kappa shape index (κ2) is 5.68. The van der Waals surface area contributed by atoms with Crippen LogP contribution >= 0.6 is 0 Å². The van der Waals surface area contributed by atoms with Gasteiger partial charge in [-0.1, -0.05) is 50.2 Å². The number of carbonyl (C=O) groups is 2. The molecule has 1 aliphatic rings. The largest absolute Gasteiger partial charge is 0.340 e. The summed E-state index contributed by atoms with van der Waals surface area (Å²) >= 11 is 0. The van der Waals surface area contributed by atoms with Gasteiger partial charge in [-0.15, -0.1) is 0 Å². The summed E-state index contributed by atoms with van der Waals surface area (Å²) < 4.78 is 4.90. The van der Waals surface area contributed by atoms with Crippen LogP contribution in [0.5, 0.6) is 0 Å². The van der Waals surface area contributed by atoms with Crippen molar-refractivity contribution in [3.63, 3.8) is 0 Å². The van der Waals surface area contributed by atoms with Gasteiger partial charge in [-0.2, -0.15) is 4.98 Å². The first-order valence-corrected chi connectivity index (χ1v) is 8.15. The zero-order chi connectivity index (χ0) is 18.4. The monoisotopic (exact) mass is 342 g/mol. The van der Waals surface area contributed by atoms with Crippen LogP contribution in [0.15, 0.2) is 28.8 Å². The van der Waals surface area contributed by atoms with Gasteiger partial charge in [-0.3, -0.25) is 9.69 Å². The van der Waals surface area contributed by atoms with Crippen LogP contribution in [0, 0.1) is 6.92 Å². The SMILES string of the molecule is Cc1nc(CN2C(=O)NC(C)(c3ccc(C(C)(C)C)cc3)C2=O)no1. The van der Waals surface area contributed by atoms with E-state index in [0.717, 1.165) is 16.0 Å². The van der Waals surface area contributed by atoms with Gasteiger partial charge >= 0.3 is 6.03 Å². The van der Waals surface area contributed by atoms with E-state index in [9.17, 15) is 9.59 Å². The van der Waals surface area contributed by atoms with Crippen LogP contribution in [-0.4, -0.2) is 27.0 Å². The summed E-state index contributed by atoms with van der Waals surface area (Å²) in [5, 5.41) is 6.53. The number of nitrogens with one attached hydrogen (secondary N) is 1. The van der Waals surface area contributed by atoms with E-state index >= 15 is 0 Å². The predicted molar refractivity (Wildman–Crippen MR) is 90.6 cm³/mol. The van der Waals surface area contributed by atoms with Gasteiger partial charge in [0.15, 0.2) is 5.82 Å². The molecule has 0 saturated carbocycles. The Labute approximate surface area is 146 Å². The van der Waals surface area contributed by atoms with E-state index in [1.165, 1.54) is 0 Å². The number of aromatic nitrogens is 2. The second-order valence-electron chi connectivity index (χ2n) is 7.50. The number of nitrogens with zero attached hydrogens (tertiary/aromatic N) is 3. The Hall–Kier alpha value is -2.70. The fourth-order valence-corrected chi connectivity index (χ4v) is 2.89. The molecule has 2 heterocycles. The van der Waals surface area contributed by atoms with Crippen LogP contribution in [0.2, 0.25) is 0 Å². The topological polar surface area (TPSA) is 88.3 Å². The van der Waals surface area contributed by atoms with Crippen LogP contribution in [0.25, 0.3) is 0 Å². The Morgan fingerprint density at radius 2 is 1.84 bits per heavy atom. The van der Waals surface area contributed by atoms with E-state index in [1.807, 2.05) is 24.3 Å². The van der Waals surface area contributed by atoms with Crippen molar-refractivity contribution in [1.29, 1.82) is 0 Å². The molecule has 1 N–H and O–H groups in total. The molecule has 3 amide bonds. The van der Waals surface area contributed by atoms with Crippen molar-refractivity contribution in [2.75, 3.05) is 0 Å². The number of hydrogen-bond acceptors (Lipinski definition) is 5. The highest BCUT2D eigenvalue weighted by Crippen LogP contribution is 2.31. The number of carbonyl (C=O) groups excluding carboxylic acids is 2. The summed E-state index contributed by atoms with van der Waals surface area (Å²) in [6.07, 6.45) is 0. The summed E-state index contributed by atoms with van der Waals surface area (Å²) in [5.41, 5.74) is 0.818. The second-order valence-corrected chi connectivity index (χ2v) is 7.50. The molecule has 1 saturated heterocycles. The minimum Gasteiger partial charge on any atom is -0.340 e. The zero-order valence-corrected chi connectivity index (χ0v) is 15.1. The summed E-state index contributed by atoms with van der Waals surface area (Å²) in [6.45, 7) is 9.73. The van der Waals surface area contributed by atoms with Crippen molar-refractivity contribution in [3.8, 4) is 0 Å². The molecule has 0 spiro atoms. The molecule has 0 radical (unpaired) electrons. The molecule has 2 aromatic rings. The van der Waals surface area contributed by atoms with Gasteiger partial charge in [0.05, 0.1) is 6.54 Å². The lowest BCUT2D eigenvalue weighted by molar-refractivity contribution is -0.131. The molecule has 0 bridgehead atoms. The van der Waals surface area contributed by atoms with Crippen LogP contribution < -0.4 is 5.32 Å². The molecule has 0 aliphatic carbocycles. The van der Waals surface area contributed by atoms with Gasteiger partial charge in [0.2, 0.25) is 5.89 Å². The first-order valence-electron chi connectivity index (χ1n) is 8.15. The van der Waals surface area contributed by atoms with Crippen molar-refractivity contribution in [3.05, 3.63) is 47.1 Å². The van der Waals surface area contributed by atoms with Crippen molar-refractivity contribution < 1.29 is 14.1 Å². The molecule has 132 valence electrons. The number of imide groups is 1. The lowest BCUT2D eigenvalue weighted by atomic mass is 9.84. The molecule has 1 fully saturated rings. The number of urea groups is 1. The van der Waals surface area contributed by atoms with E-state index in [1.54, 1.807) is 13.8 Å². The molecule has 1 atom stereocenters. The minimum atomic E-state index is -1.10. The van der Waals surface area contributed by atoms with Gasteiger partial charge in [0.1, 0.15) is 5.54 Å². The molecule has 1 aromatic heterocycles. The molecule has 1 unspecified atom stereocenters. The molecule has 25 heavy (non-hydrogen) atoms. The van der Waals surface area contributed by atoms with Crippen LogP contribution in [0.3, 0.4) is 0 Å². The highest BCUT2D eigenvalue weighted by molar-refractivity contribution is 6.07. The van der Waals surface area contributed by atoms with Crippen molar-refractivity contribution in [2.24, 2.45) is 0 Å². The minimum absolute atomic E-state index is 0.0162. The molecule has 1 aromatic carbocycles. The van der Waals surface area contributed by atoms with E-state index in [4.69, 9.17) is 4.52 Å². The predicted octanol–water partition coefficient (Wildman–Crippen LogP) is 2.64. The van der Waals surface area contributed by atoms with Gasteiger partial charge in [0.25, 0.3) is 5.91 Å². The Kier molecular flexibility index (Phi) is 3.89. The number of hydrogen-bond donors (Lipinski definition) is 1. The van der Waals surface area contributed by atoms with Crippen molar-refractivity contribution in [1.82, 2.24) is 20.4 Å². The number of amides is 3. The fraction of sp³-hybridized carbons (Fsp3) is 0.444. The maximum Gasteiger partial charge on any atom is 0.325 e. The van der Waals surface area contributed by atoms with Crippen LogP contribution in [-0.2, 0) is 22.3 Å². The smallest absolute Gasteiger partial charge is 0.325 e. The number of benzene rings is 1. The van der Waals surface area contributed by atoms with E-state index in [0.29, 0.717) is 11.7 Å². The maximum absolute atomic E-state index is 12.9. The third kappa shape index (κ3) is 3.01. The fourth-order valence-electron chi connectivity index (χ4n) is 2.89. The first kappa shape index (κ1) is 17.1. The summed E-state index contributed by atoms with van der Waals surface area (Å²) in [6, 6.07) is 7.30. The molecular weight excluding hydrogens is 320 g/mol. The van der Waals surface area contributed by atoms with Gasteiger partial charge in [-0.25, -0.2) is 4.79 Å². The highest BCUT2D eigenvalue weighted by Gasteiger charge is 2.49. The quantitative estimate of drug-likeness (QED) is 0.866. The number of rotatable bonds is 3. The first-order chi connectivity index (χ1) is 11.6. The lowest BCUT2D eigenvalue weighted by Crippen LogP contribution is -2.40. The molecule has 7 heteroatoms. The molecular formula is C18H22N4O3. The Morgan fingerprint density at radius 1 is 1.20 bits per heavy atom. The Bertz CT molecular complexity index is 820. The van der Waals surface area contributed by atoms with E-state index < -0.39 is 11.6 Å². The van der Waals surface area contributed by atoms with Crippen LogP contribution in [0.1, 0.15) is 50.5 Å². The van der Waals surface area contributed by atoms with Gasteiger partial charge in [0, 0.05) is 6.92 Å². The average molecular weight is 342 g/mol. The molecule has 7 nitrogen and oxygen atoms in total. The van der Waals surface area contributed by atoms with E-state index in [2.05, 4.69) is 36.2 Å². The summed E-state index contributed by atoms with van der Waals surface area (Å²) in [5.74, 6) is 0.361. The molecule has 1 aliphatic heterocycles. The average Bonchev–Trinajstić information content (AvgIpc) is 3.04. The maximum atomic E-state index is 12.9. The lowest BCUT2D eigenvalue weighted by Gasteiger charge is -2.24. The number of aryl methyl sites for hydroxylation is 1. The van der Waals surface area contributed by atoms with Gasteiger partial charge in [-0.05, 0) is 23.5 Å². The van der Waals surface area contributed by atoms with Gasteiger partial charge < -0.3 is 9.84 Å².